The lowest BCUT2D eigenvalue weighted by Crippen LogP contribution is -2.09. The molecule has 0 aromatic heterocycles. The van der Waals surface area contributed by atoms with Crippen LogP contribution in [-0.4, -0.2) is 11.7 Å². The van der Waals surface area contributed by atoms with Gasteiger partial charge in [0.25, 0.3) is 0 Å². The van der Waals surface area contributed by atoms with Crippen LogP contribution in [0.2, 0.25) is 0 Å². The highest BCUT2D eigenvalue weighted by Gasteiger charge is 2.10. The molecule has 0 N–H and O–H groups in total. The summed E-state index contributed by atoms with van der Waals surface area (Å²) < 4.78 is 0. The molecule has 0 aliphatic heterocycles. The molecule has 118 valence electrons. The molecule has 3 aromatic rings. The second kappa shape index (κ2) is 7.88. The summed E-state index contributed by atoms with van der Waals surface area (Å²) in [5.74, 6) is -0.384. The zero-order valence-electron chi connectivity index (χ0n) is 13.1. The first-order valence-corrected chi connectivity index (χ1v) is 7.75. The number of oxime groups is 1. The van der Waals surface area contributed by atoms with E-state index in [0.717, 1.165) is 16.7 Å². The predicted molar refractivity (Wildman–Crippen MR) is 94.8 cm³/mol. The maximum atomic E-state index is 12.1. The normalized spacial score (nSPS) is 10.0. The number of hydrogen-bond acceptors (Lipinski definition) is 3. The molecular weight excluding hydrogens is 298 g/mol. The smallest absolute Gasteiger partial charge is 0.317 e. The molecule has 0 saturated heterocycles. The van der Waals surface area contributed by atoms with E-state index in [-0.39, 0.29) is 12.4 Å². The molecule has 0 aliphatic rings. The molecule has 0 heterocycles. The van der Waals surface area contributed by atoms with Crippen molar-refractivity contribution < 1.29 is 9.63 Å². The average Bonchev–Trinajstić information content (AvgIpc) is 2.64. The molecule has 0 bridgehead atoms. The highest BCUT2D eigenvalue weighted by atomic mass is 16.7. The van der Waals surface area contributed by atoms with Crippen LogP contribution < -0.4 is 0 Å². The van der Waals surface area contributed by atoms with Crippen LogP contribution >= 0.6 is 0 Å². The molecule has 24 heavy (non-hydrogen) atoms. The van der Waals surface area contributed by atoms with Gasteiger partial charge in [-0.3, -0.25) is 0 Å². The lowest BCUT2D eigenvalue weighted by Gasteiger charge is -2.06. The van der Waals surface area contributed by atoms with Crippen LogP contribution in [0.1, 0.15) is 16.7 Å². The first-order valence-electron chi connectivity index (χ1n) is 7.75. The van der Waals surface area contributed by atoms with Crippen LogP contribution in [0.4, 0.5) is 0 Å². The van der Waals surface area contributed by atoms with Crippen molar-refractivity contribution in [2.24, 2.45) is 5.16 Å². The Balaban J connectivity index is 1.81. The van der Waals surface area contributed by atoms with Crippen molar-refractivity contribution in [1.82, 2.24) is 0 Å². The summed E-state index contributed by atoms with van der Waals surface area (Å²) in [6, 6.07) is 28.8. The molecule has 0 unspecified atom stereocenters. The lowest BCUT2D eigenvalue weighted by atomic mass is 10.0. The van der Waals surface area contributed by atoms with E-state index in [1.165, 1.54) is 0 Å². The van der Waals surface area contributed by atoms with Gasteiger partial charge >= 0.3 is 5.97 Å². The fraction of sp³-hybridized carbons (Fsp3) is 0.0476. The molecule has 0 saturated carbocycles. The molecule has 0 spiro atoms. The minimum atomic E-state index is -0.384. The van der Waals surface area contributed by atoms with Gasteiger partial charge in [0.05, 0.1) is 6.42 Å². The number of rotatable bonds is 5. The molecule has 0 aliphatic carbocycles. The zero-order valence-corrected chi connectivity index (χ0v) is 13.1. The summed E-state index contributed by atoms with van der Waals surface area (Å²) >= 11 is 0. The van der Waals surface area contributed by atoms with Crippen LogP contribution in [0.15, 0.2) is 96.2 Å². The first kappa shape index (κ1) is 15.7. The van der Waals surface area contributed by atoms with Crippen molar-refractivity contribution in [2.45, 2.75) is 6.42 Å². The molecule has 0 amide bonds. The largest absolute Gasteiger partial charge is 0.339 e. The van der Waals surface area contributed by atoms with Crippen molar-refractivity contribution in [3.8, 4) is 0 Å². The standard InChI is InChI=1S/C21H17NO2/c23-20(16-17-10-4-1-5-11-17)24-22-21(18-12-6-2-7-13-18)19-14-8-3-9-15-19/h1-15H,16H2. The SMILES string of the molecule is O=C(Cc1ccccc1)ON=C(c1ccccc1)c1ccccc1. The molecule has 0 fully saturated rings. The average molecular weight is 315 g/mol. The van der Waals surface area contributed by atoms with Crippen molar-refractivity contribution in [2.75, 3.05) is 0 Å². The van der Waals surface area contributed by atoms with Crippen LogP contribution in [0.3, 0.4) is 0 Å². The highest BCUT2D eigenvalue weighted by Crippen LogP contribution is 2.11. The summed E-state index contributed by atoms with van der Waals surface area (Å²) in [6.45, 7) is 0. The topological polar surface area (TPSA) is 38.7 Å². The van der Waals surface area contributed by atoms with Crippen LogP contribution in [0, 0.1) is 0 Å². The van der Waals surface area contributed by atoms with Gasteiger partial charge in [0.15, 0.2) is 0 Å². The molecule has 0 atom stereocenters. The van der Waals surface area contributed by atoms with E-state index in [1.807, 2.05) is 91.0 Å². The third kappa shape index (κ3) is 4.17. The number of benzene rings is 3. The van der Waals surface area contributed by atoms with E-state index < -0.39 is 0 Å². The minimum absolute atomic E-state index is 0.196. The van der Waals surface area contributed by atoms with E-state index in [1.54, 1.807) is 0 Å². The molecule has 3 rings (SSSR count). The Morgan fingerprint density at radius 3 is 1.67 bits per heavy atom. The van der Waals surface area contributed by atoms with Gasteiger partial charge in [0, 0.05) is 11.1 Å². The highest BCUT2D eigenvalue weighted by molar-refractivity contribution is 6.12. The van der Waals surface area contributed by atoms with Gasteiger partial charge in [-0.25, -0.2) is 4.79 Å². The number of carbonyl (C=O) groups excluding carboxylic acids is 1. The van der Waals surface area contributed by atoms with Gasteiger partial charge in [-0.1, -0.05) is 96.2 Å². The third-order valence-corrected chi connectivity index (χ3v) is 3.52. The number of nitrogens with zero attached hydrogens (tertiary/aromatic N) is 1. The Morgan fingerprint density at radius 2 is 1.17 bits per heavy atom. The van der Waals surface area contributed by atoms with Crippen LogP contribution in [0.5, 0.6) is 0 Å². The lowest BCUT2D eigenvalue weighted by molar-refractivity contribution is -0.142. The van der Waals surface area contributed by atoms with Gasteiger partial charge in [0.2, 0.25) is 0 Å². The summed E-state index contributed by atoms with van der Waals surface area (Å²) in [5.41, 5.74) is 3.34. The molecule has 3 heteroatoms. The monoisotopic (exact) mass is 315 g/mol. The Hall–Kier alpha value is -3.20. The van der Waals surface area contributed by atoms with Crippen LogP contribution in [-0.2, 0) is 16.1 Å². The zero-order chi connectivity index (χ0) is 16.6. The molecule has 3 nitrogen and oxygen atoms in total. The Labute approximate surface area is 141 Å². The number of carbonyl (C=O) groups is 1. The van der Waals surface area contributed by atoms with E-state index >= 15 is 0 Å². The minimum Gasteiger partial charge on any atom is -0.317 e. The Kier molecular flexibility index (Phi) is 5.15. The fourth-order valence-corrected chi connectivity index (χ4v) is 2.36. The summed E-state index contributed by atoms with van der Waals surface area (Å²) in [7, 11) is 0. The van der Waals surface area contributed by atoms with Crippen molar-refractivity contribution in [3.63, 3.8) is 0 Å². The van der Waals surface area contributed by atoms with Gasteiger partial charge in [0.1, 0.15) is 5.71 Å². The second-order valence-corrected chi connectivity index (χ2v) is 5.30. The van der Waals surface area contributed by atoms with Crippen molar-refractivity contribution in [3.05, 3.63) is 108 Å². The van der Waals surface area contributed by atoms with Gasteiger partial charge < -0.3 is 4.84 Å². The maximum absolute atomic E-state index is 12.1. The summed E-state index contributed by atoms with van der Waals surface area (Å²) in [4.78, 5) is 17.2. The molecule has 3 aromatic carbocycles. The third-order valence-electron chi connectivity index (χ3n) is 3.52. The van der Waals surface area contributed by atoms with Crippen LogP contribution in [0.25, 0.3) is 0 Å². The number of hydrogen-bond donors (Lipinski definition) is 0. The Morgan fingerprint density at radius 1 is 0.708 bits per heavy atom. The quantitative estimate of drug-likeness (QED) is 0.401. The van der Waals surface area contributed by atoms with Gasteiger partial charge in [-0.2, -0.15) is 0 Å². The molecular formula is C21H17NO2. The van der Waals surface area contributed by atoms with E-state index in [0.29, 0.717) is 5.71 Å². The maximum Gasteiger partial charge on any atom is 0.339 e. The van der Waals surface area contributed by atoms with Crippen molar-refractivity contribution >= 4 is 11.7 Å². The van der Waals surface area contributed by atoms with E-state index in [2.05, 4.69) is 5.16 Å². The van der Waals surface area contributed by atoms with E-state index in [9.17, 15) is 4.79 Å². The van der Waals surface area contributed by atoms with Crippen molar-refractivity contribution in [1.29, 1.82) is 0 Å². The molecule has 0 radical (unpaired) electrons. The summed E-state index contributed by atoms with van der Waals surface area (Å²) in [5, 5.41) is 4.13. The second-order valence-electron chi connectivity index (χ2n) is 5.30. The predicted octanol–water partition coefficient (Wildman–Crippen LogP) is 4.22. The van der Waals surface area contributed by atoms with Gasteiger partial charge in [-0.05, 0) is 5.56 Å². The fourth-order valence-electron chi connectivity index (χ4n) is 2.36. The Bertz CT molecular complexity index is 771. The summed E-state index contributed by atoms with van der Waals surface area (Å²) in [6.07, 6.45) is 0.196. The van der Waals surface area contributed by atoms with Gasteiger partial charge in [-0.15, -0.1) is 0 Å². The van der Waals surface area contributed by atoms with E-state index in [4.69, 9.17) is 4.84 Å². The first-order chi connectivity index (χ1) is 11.8.